The normalized spacial score (nSPS) is 21.2. The Labute approximate surface area is 196 Å². The van der Waals surface area contributed by atoms with E-state index in [4.69, 9.17) is 14.2 Å². The zero-order chi connectivity index (χ0) is 23.4. The summed E-state index contributed by atoms with van der Waals surface area (Å²) < 4.78 is 16.4. The third kappa shape index (κ3) is 5.16. The quantitative estimate of drug-likeness (QED) is 0.570. The van der Waals surface area contributed by atoms with Gasteiger partial charge in [-0.1, -0.05) is 12.1 Å². The number of ketones is 2. The second kappa shape index (κ2) is 10.6. The van der Waals surface area contributed by atoms with Crippen LogP contribution in [0.3, 0.4) is 0 Å². The van der Waals surface area contributed by atoms with E-state index in [9.17, 15) is 9.59 Å². The maximum absolute atomic E-state index is 12.8. The molecule has 1 heterocycles. The van der Waals surface area contributed by atoms with Crippen molar-refractivity contribution in [1.82, 2.24) is 4.90 Å². The molecule has 0 radical (unpaired) electrons. The molecule has 178 valence electrons. The summed E-state index contributed by atoms with van der Waals surface area (Å²) in [6.45, 7) is 2.96. The van der Waals surface area contributed by atoms with E-state index in [2.05, 4.69) is 36.2 Å². The number of piperidine rings is 1. The third-order valence-electron chi connectivity index (χ3n) is 7.41. The summed E-state index contributed by atoms with van der Waals surface area (Å²) in [4.78, 5) is 28.0. The minimum Gasteiger partial charge on any atom is -0.494 e. The van der Waals surface area contributed by atoms with Gasteiger partial charge in [0, 0.05) is 11.1 Å². The highest BCUT2D eigenvalue weighted by Gasteiger charge is 2.37. The summed E-state index contributed by atoms with van der Waals surface area (Å²) in [5, 5.41) is 0. The van der Waals surface area contributed by atoms with E-state index in [1.165, 1.54) is 32.6 Å². The van der Waals surface area contributed by atoms with E-state index < -0.39 is 0 Å². The van der Waals surface area contributed by atoms with E-state index in [0.717, 1.165) is 38.1 Å². The van der Waals surface area contributed by atoms with Gasteiger partial charge in [0.05, 0.1) is 20.8 Å². The molecule has 6 nitrogen and oxygen atoms in total. The number of carbonyl (C=O) groups is 2. The SMILES string of the molecule is COC1=C(OC)C(=O)C2=C(CCC(CCOc3ccc(C4CCN(C)CC4)cc3)CC2)C1=O. The Morgan fingerprint density at radius 1 is 0.848 bits per heavy atom. The smallest absolute Gasteiger partial charge is 0.228 e. The molecular formula is C27H35NO5. The lowest BCUT2D eigenvalue weighted by atomic mass is 9.89. The molecule has 0 bridgehead atoms. The summed E-state index contributed by atoms with van der Waals surface area (Å²) >= 11 is 0. The molecule has 0 amide bonds. The van der Waals surface area contributed by atoms with Gasteiger partial charge in [-0.05, 0) is 94.6 Å². The van der Waals surface area contributed by atoms with Crippen LogP contribution < -0.4 is 4.74 Å². The molecule has 1 fully saturated rings. The molecular weight excluding hydrogens is 418 g/mol. The first-order valence-electron chi connectivity index (χ1n) is 12.1. The van der Waals surface area contributed by atoms with Gasteiger partial charge >= 0.3 is 0 Å². The van der Waals surface area contributed by atoms with Crippen molar-refractivity contribution >= 4 is 11.6 Å². The molecule has 3 aliphatic rings. The minimum absolute atomic E-state index is 0.0340. The average Bonchev–Trinajstić information content (AvgIpc) is 3.05. The maximum Gasteiger partial charge on any atom is 0.228 e. The Morgan fingerprint density at radius 3 is 1.91 bits per heavy atom. The van der Waals surface area contributed by atoms with Crippen LogP contribution in [0.15, 0.2) is 46.9 Å². The van der Waals surface area contributed by atoms with Crippen molar-refractivity contribution in [2.24, 2.45) is 5.92 Å². The van der Waals surface area contributed by atoms with E-state index in [1.807, 2.05) is 0 Å². The molecule has 6 heteroatoms. The van der Waals surface area contributed by atoms with E-state index in [-0.39, 0.29) is 23.1 Å². The lowest BCUT2D eigenvalue weighted by Crippen LogP contribution is -2.29. The number of ether oxygens (including phenoxy) is 3. The van der Waals surface area contributed by atoms with Crippen molar-refractivity contribution in [3.8, 4) is 5.75 Å². The minimum atomic E-state index is -0.203. The summed E-state index contributed by atoms with van der Waals surface area (Å²) in [6, 6.07) is 8.59. The molecule has 1 aromatic rings. The van der Waals surface area contributed by atoms with Gasteiger partial charge in [-0.3, -0.25) is 9.59 Å². The van der Waals surface area contributed by atoms with Gasteiger partial charge < -0.3 is 19.1 Å². The number of carbonyl (C=O) groups excluding carboxylic acids is 2. The predicted molar refractivity (Wildman–Crippen MR) is 126 cm³/mol. The topological polar surface area (TPSA) is 65.1 Å². The maximum atomic E-state index is 12.8. The first kappa shape index (κ1) is 23.6. The number of likely N-dealkylation sites (tertiary alicyclic amines) is 1. The lowest BCUT2D eigenvalue weighted by molar-refractivity contribution is -0.121. The van der Waals surface area contributed by atoms with Gasteiger partial charge in [0.2, 0.25) is 23.1 Å². The summed E-state index contributed by atoms with van der Waals surface area (Å²) in [5.74, 6) is 1.62. The number of allylic oxidation sites excluding steroid dienone is 2. The van der Waals surface area contributed by atoms with Crippen molar-refractivity contribution in [1.29, 1.82) is 0 Å². The molecule has 1 aliphatic heterocycles. The highest BCUT2D eigenvalue weighted by Crippen LogP contribution is 2.37. The summed E-state index contributed by atoms with van der Waals surface area (Å²) in [5.41, 5.74) is 2.61. The van der Waals surface area contributed by atoms with Crippen LogP contribution in [-0.2, 0) is 19.1 Å². The Kier molecular flexibility index (Phi) is 7.53. The third-order valence-corrected chi connectivity index (χ3v) is 7.41. The number of Topliss-reactive ketones (excluding diaryl/α,β-unsaturated/α-hetero) is 2. The van der Waals surface area contributed by atoms with Crippen LogP contribution in [0.25, 0.3) is 0 Å². The molecule has 0 saturated carbocycles. The Hall–Kier alpha value is -2.60. The molecule has 1 saturated heterocycles. The Morgan fingerprint density at radius 2 is 1.39 bits per heavy atom. The zero-order valence-electron chi connectivity index (χ0n) is 20.0. The first-order chi connectivity index (χ1) is 16.0. The van der Waals surface area contributed by atoms with Crippen molar-refractivity contribution in [2.75, 3.05) is 41.0 Å². The van der Waals surface area contributed by atoms with Crippen molar-refractivity contribution in [3.63, 3.8) is 0 Å². The van der Waals surface area contributed by atoms with Gasteiger partial charge in [-0.2, -0.15) is 0 Å². The molecule has 0 unspecified atom stereocenters. The Bertz CT molecular complexity index is 898. The van der Waals surface area contributed by atoms with Crippen LogP contribution in [0.2, 0.25) is 0 Å². The van der Waals surface area contributed by atoms with Crippen LogP contribution in [0.5, 0.6) is 5.75 Å². The molecule has 0 spiro atoms. The highest BCUT2D eigenvalue weighted by atomic mass is 16.5. The summed E-state index contributed by atoms with van der Waals surface area (Å²) in [7, 11) is 5.00. The number of nitrogens with zero attached hydrogens (tertiary/aromatic N) is 1. The molecule has 33 heavy (non-hydrogen) atoms. The fourth-order valence-corrected chi connectivity index (χ4v) is 5.31. The van der Waals surface area contributed by atoms with Gasteiger partial charge in [-0.25, -0.2) is 0 Å². The summed E-state index contributed by atoms with van der Waals surface area (Å²) in [6.07, 6.45) is 6.27. The Balaban J connectivity index is 1.27. The van der Waals surface area contributed by atoms with Crippen molar-refractivity contribution in [2.45, 2.75) is 50.9 Å². The van der Waals surface area contributed by atoms with Crippen LogP contribution in [0, 0.1) is 5.92 Å². The monoisotopic (exact) mass is 453 g/mol. The molecule has 0 atom stereocenters. The number of hydrogen-bond donors (Lipinski definition) is 0. The molecule has 0 aromatic heterocycles. The van der Waals surface area contributed by atoms with E-state index in [0.29, 0.717) is 42.4 Å². The van der Waals surface area contributed by atoms with Crippen LogP contribution in [0.1, 0.15) is 56.4 Å². The molecule has 4 rings (SSSR count). The zero-order valence-corrected chi connectivity index (χ0v) is 20.0. The van der Waals surface area contributed by atoms with Gasteiger partial charge in [0.15, 0.2) is 0 Å². The van der Waals surface area contributed by atoms with Crippen LogP contribution >= 0.6 is 0 Å². The second-order valence-corrected chi connectivity index (χ2v) is 9.41. The van der Waals surface area contributed by atoms with Gasteiger partial charge in [0.25, 0.3) is 0 Å². The molecule has 0 N–H and O–H groups in total. The fourth-order valence-electron chi connectivity index (χ4n) is 5.31. The predicted octanol–water partition coefficient (Wildman–Crippen LogP) is 4.41. The number of methoxy groups -OCH3 is 2. The van der Waals surface area contributed by atoms with Crippen molar-refractivity contribution < 1.29 is 23.8 Å². The highest BCUT2D eigenvalue weighted by molar-refractivity contribution is 6.23. The fraction of sp³-hybridized carbons (Fsp3) is 0.556. The van der Waals surface area contributed by atoms with Crippen LogP contribution in [-0.4, -0.2) is 57.4 Å². The standard InChI is InChI=1S/C27H35NO5/c1-28-15-12-20(13-16-28)19-6-8-21(9-7-19)33-17-14-18-4-10-22-23(11-5-18)25(30)27(32-3)26(31-2)24(22)29/h6-9,18,20H,4-5,10-17H2,1-3H3. The second-order valence-electron chi connectivity index (χ2n) is 9.41. The number of rotatable bonds is 7. The number of hydrogen-bond acceptors (Lipinski definition) is 6. The number of benzene rings is 1. The van der Waals surface area contributed by atoms with Crippen LogP contribution in [0.4, 0.5) is 0 Å². The molecule has 2 aliphatic carbocycles. The average molecular weight is 454 g/mol. The van der Waals surface area contributed by atoms with Gasteiger partial charge in [0.1, 0.15) is 5.75 Å². The van der Waals surface area contributed by atoms with Crippen molar-refractivity contribution in [3.05, 3.63) is 52.5 Å². The lowest BCUT2D eigenvalue weighted by Gasteiger charge is -2.29. The largest absolute Gasteiger partial charge is 0.494 e. The van der Waals surface area contributed by atoms with E-state index in [1.54, 1.807) is 0 Å². The molecule has 1 aromatic carbocycles. The van der Waals surface area contributed by atoms with E-state index >= 15 is 0 Å². The first-order valence-corrected chi connectivity index (χ1v) is 12.1. The van der Waals surface area contributed by atoms with Gasteiger partial charge in [-0.15, -0.1) is 0 Å².